The summed E-state index contributed by atoms with van der Waals surface area (Å²) < 4.78 is 0. The molecule has 0 aliphatic heterocycles. The molecule has 1 unspecified atom stereocenters. The smallest absolute Gasteiger partial charge is 0.335 e. The van der Waals surface area contributed by atoms with E-state index in [4.69, 9.17) is 10.2 Å². The van der Waals surface area contributed by atoms with E-state index >= 15 is 0 Å². The van der Waals surface area contributed by atoms with Crippen LogP contribution < -0.4 is 0 Å². The molecular formula is C7H6O4. The van der Waals surface area contributed by atoms with Gasteiger partial charge in [-0.2, -0.15) is 0 Å². The Labute approximate surface area is 62.5 Å². The van der Waals surface area contributed by atoms with E-state index in [1.54, 1.807) is 0 Å². The molecule has 0 saturated heterocycles. The number of carboxylic acids is 2. The second kappa shape index (κ2) is 2.57. The minimum Gasteiger partial charge on any atom is -0.481 e. The minimum absolute atomic E-state index is 0.0393. The summed E-state index contributed by atoms with van der Waals surface area (Å²) >= 11 is 0. The van der Waals surface area contributed by atoms with E-state index in [1.807, 2.05) is 0 Å². The highest BCUT2D eigenvalue weighted by molar-refractivity contribution is 5.93. The third kappa shape index (κ3) is 1.46. The van der Waals surface area contributed by atoms with E-state index in [-0.39, 0.29) is 5.57 Å². The van der Waals surface area contributed by atoms with Gasteiger partial charge in [-0.1, -0.05) is 18.2 Å². The summed E-state index contributed by atoms with van der Waals surface area (Å²) in [6.07, 6.45) is 3.83. The SMILES string of the molecule is O=C(O)C1=CC(C(=O)O)C=C1. The van der Waals surface area contributed by atoms with Crippen LogP contribution in [0.2, 0.25) is 0 Å². The molecular weight excluding hydrogens is 148 g/mol. The zero-order valence-electron chi connectivity index (χ0n) is 5.52. The molecule has 0 heterocycles. The lowest BCUT2D eigenvalue weighted by molar-refractivity contribution is -0.138. The third-order valence-electron chi connectivity index (χ3n) is 1.37. The second-order valence-corrected chi connectivity index (χ2v) is 2.15. The van der Waals surface area contributed by atoms with E-state index < -0.39 is 17.9 Å². The molecule has 0 amide bonds. The molecule has 1 aliphatic rings. The molecule has 2 N–H and O–H groups in total. The van der Waals surface area contributed by atoms with E-state index in [0.717, 1.165) is 0 Å². The molecule has 0 aromatic carbocycles. The maximum absolute atomic E-state index is 10.3. The van der Waals surface area contributed by atoms with Gasteiger partial charge in [-0.3, -0.25) is 4.79 Å². The highest BCUT2D eigenvalue weighted by atomic mass is 16.4. The summed E-state index contributed by atoms with van der Waals surface area (Å²) in [5.41, 5.74) is 0.0393. The topological polar surface area (TPSA) is 74.6 Å². The lowest BCUT2D eigenvalue weighted by Gasteiger charge is -1.93. The lowest BCUT2D eigenvalue weighted by atomic mass is 10.2. The first-order valence-electron chi connectivity index (χ1n) is 2.97. The maximum atomic E-state index is 10.3. The first-order chi connectivity index (χ1) is 5.11. The molecule has 4 nitrogen and oxygen atoms in total. The van der Waals surface area contributed by atoms with Crippen LogP contribution in [0, 0.1) is 5.92 Å². The van der Waals surface area contributed by atoms with E-state index in [0.29, 0.717) is 0 Å². The average molecular weight is 154 g/mol. The van der Waals surface area contributed by atoms with E-state index in [9.17, 15) is 9.59 Å². The Bertz CT molecular complexity index is 262. The molecule has 4 heteroatoms. The first-order valence-corrected chi connectivity index (χ1v) is 2.97. The van der Waals surface area contributed by atoms with Gasteiger partial charge in [0.15, 0.2) is 0 Å². The Morgan fingerprint density at radius 2 is 2.00 bits per heavy atom. The molecule has 0 aromatic rings. The summed E-state index contributed by atoms with van der Waals surface area (Å²) in [5, 5.41) is 16.8. The van der Waals surface area contributed by atoms with Gasteiger partial charge in [0.25, 0.3) is 0 Å². The van der Waals surface area contributed by atoms with Gasteiger partial charge in [0.05, 0.1) is 11.5 Å². The second-order valence-electron chi connectivity index (χ2n) is 2.15. The van der Waals surface area contributed by atoms with Crippen molar-refractivity contribution in [2.24, 2.45) is 5.92 Å². The number of rotatable bonds is 2. The Balaban J connectivity index is 2.79. The predicted octanol–water partition coefficient (Wildman–Crippen LogP) is 0.268. The van der Waals surface area contributed by atoms with Crippen LogP contribution in [0.5, 0.6) is 0 Å². The van der Waals surface area contributed by atoms with Crippen molar-refractivity contribution in [1.82, 2.24) is 0 Å². The predicted molar refractivity (Wildman–Crippen MR) is 36.0 cm³/mol. The Morgan fingerprint density at radius 3 is 2.27 bits per heavy atom. The van der Waals surface area contributed by atoms with Crippen molar-refractivity contribution in [1.29, 1.82) is 0 Å². The van der Waals surface area contributed by atoms with Gasteiger partial charge in [-0.25, -0.2) is 4.79 Å². The monoisotopic (exact) mass is 154 g/mol. The first kappa shape index (κ1) is 7.53. The molecule has 1 aliphatic carbocycles. The van der Waals surface area contributed by atoms with Crippen molar-refractivity contribution in [2.75, 3.05) is 0 Å². The van der Waals surface area contributed by atoms with Gasteiger partial charge in [0.1, 0.15) is 0 Å². The molecule has 11 heavy (non-hydrogen) atoms. The fourth-order valence-electron chi connectivity index (χ4n) is 0.808. The van der Waals surface area contributed by atoms with Crippen molar-refractivity contribution in [3.63, 3.8) is 0 Å². The standard InChI is InChI=1S/C7H6O4/c8-6(9)4-1-2-5(3-4)7(10)11/h1-4H,(H,8,9)(H,10,11). The minimum atomic E-state index is -1.09. The van der Waals surface area contributed by atoms with Gasteiger partial charge in [0, 0.05) is 0 Å². The Kier molecular flexibility index (Phi) is 1.76. The van der Waals surface area contributed by atoms with Crippen molar-refractivity contribution in [3.05, 3.63) is 23.8 Å². The lowest BCUT2D eigenvalue weighted by Crippen LogP contribution is -2.06. The summed E-state index contributed by atoms with van der Waals surface area (Å²) in [5.74, 6) is -2.90. The number of hydrogen-bond acceptors (Lipinski definition) is 2. The molecule has 0 fully saturated rings. The van der Waals surface area contributed by atoms with Crippen molar-refractivity contribution < 1.29 is 19.8 Å². The van der Waals surface area contributed by atoms with Gasteiger partial charge >= 0.3 is 11.9 Å². The zero-order chi connectivity index (χ0) is 8.43. The van der Waals surface area contributed by atoms with Gasteiger partial charge < -0.3 is 10.2 Å². The normalized spacial score (nSPS) is 21.5. The quantitative estimate of drug-likeness (QED) is 0.598. The van der Waals surface area contributed by atoms with E-state index in [1.165, 1.54) is 18.2 Å². The number of carbonyl (C=O) groups is 2. The molecule has 0 bridgehead atoms. The fourth-order valence-corrected chi connectivity index (χ4v) is 0.808. The van der Waals surface area contributed by atoms with Gasteiger partial charge in [0.2, 0.25) is 0 Å². The Hall–Kier alpha value is -1.58. The highest BCUT2D eigenvalue weighted by Gasteiger charge is 2.19. The summed E-state index contributed by atoms with van der Waals surface area (Å²) in [4.78, 5) is 20.5. The summed E-state index contributed by atoms with van der Waals surface area (Å²) in [6, 6.07) is 0. The van der Waals surface area contributed by atoms with Crippen LogP contribution >= 0.6 is 0 Å². The Morgan fingerprint density at radius 1 is 1.36 bits per heavy atom. The largest absolute Gasteiger partial charge is 0.481 e. The fraction of sp³-hybridized carbons (Fsp3) is 0.143. The van der Waals surface area contributed by atoms with Crippen molar-refractivity contribution in [2.45, 2.75) is 0 Å². The van der Waals surface area contributed by atoms with Crippen LogP contribution in [0.25, 0.3) is 0 Å². The molecule has 0 saturated carbocycles. The van der Waals surface area contributed by atoms with Crippen LogP contribution in [0.15, 0.2) is 23.8 Å². The van der Waals surface area contributed by atoms with Crippen LogP contribution in [-0.4, -0.2) is 22.2 Å². The summed E-state index contributed by atoms with van der Waals surface area (Å²) in [7, 11) is 0. The molecule has 58 valence electrons. The van der Waals surface area contributed by atoms with Crippen molar-refractivity contribution in [3.8, 4) is 0 Å². The number of hydrogen-bond donors (Lipinski definition) is 2. The van der Waals surface area contributed by atoms with Crippen LogP contribution in [0.1, 0.15) is 0 Å². The molecule has 0 radical (unpaired) electrons. The van der Waals surface area contributed by atoms with Crippen LogP contribution in [0.3, 0.4) is 0 Å². The number of aliphatic carboxylic acids is 2. The van der Waals surface area contributed by atoms with E-state index in [2.05, 4.69) is 0 Å². The highest BCUT2D eigenvalue weighted by Crippen LogP contribution is 2.15. The molecule has 0 aromatic heterocycles. The summed E-state index contributed by atoms with van der Waals surface area (Å²) in [6.45, 7) is 0. The molecule has 0 spiro atoms. The van der Waals surface area contributed by atoms with Crippen LogP contribution in [-0.2, 0) is 9.59 Å². The van der Waals surface area contributed by atoms with Crippen LogP contribution in [0.4, 0.5) is 0 Å². The molecule has 1 rings (SSSR count). The average Bonchev–Trinajstić information content (AvgIpc) is 2.33. The third-order valence-corrected chi connectivity index (χ3v) is 1.37. The zero-order valence-corrected chi connectivity index (χ0v) is 5.52. The maximum Gasteiger partial charge on any atom is 0.335 e. The number of carboxylic acid groups (broad SMARTS) is 2. The molecule has 1 atom stereocenters. The van der Waals surface area contributed by atoms with Gasteiger partial charge in [-0.15, -0.1) is 0 Å². The van der Waals surface area contributed by atoms with Gasteiger partial charge in [-0.05, 0) is 0 Å². The van der Waals surface area contributed by atoms with Crippen molar-refractivity contribution >= 4 is 11.9 Å².